The summed E-state index contributed by atoms with van der Waals surface area (Å²) in [7, 11) is 0. The zero-order valence-corrected chi connectivity index (χ0v) is 13.7. The third kappa shape index (κ3) is 4.13. The highest BCUT2D eigenvalue weighted by atomic mass is 16.5. The van der Waals surface area contributed by atoms with Crippen LogP contribution in [-0.2, 0) is 4.79 Å². The van der Waals surface area contributed by atoms with Crippen LogP contribution in [0.3, 0.4) is 0 Å². The number of primary amides is 1. The predicted molar refractivity (Wildman–Crippen MR) is 92.0 cm³/mol. The average molecular weight is 340 g/mol. The van der Waals surface area contributed by atoms with Gasteiger partial charge in [-0.15, -0.1) is 0 Å². The van der Waals surface area contributed by atoms with Gasteiger partial charge in [0.15, 0.2) is 6.61 Å². The second-order valence-electron chi connectivity index (χ2n) is 5.77. The molecule has 130 valence electrons. The summed E-state index contributed by atoms with van der Waals surface area (Å²) >= 11 is 0. The van der Waals surface area contributed by atoms with Crippen molar-refractivity contribution >= 4 is 11.8 Å². The minimum Gasteiger partial charge on any atom is -0.484 e. The van der Waals surface area contributed by atoms with Crippen molar-refractivity contribution in [3.63, 3.8) is 0 Å². The van der Waals surface area contributed by atoms with Crippen molar-refractivity contribution < 1.29 is 14.3 Å². The molecule has 0 aliphatic carbocycles. The van der Waals surface area contributed by atoms with E-state index in [-0.39, 0.29) is 18.6 Å². The molecule has 1 saturated heterocycles. The van der Waals surface area contributed by atoms with Crippen LogP contribution in [0.1, 0.15) is 22.0 Å². The number of ether oxygens (including phenoxy) is 1. The molecule has 2 aromatic rings. The first-order chi connectivity index (χ1) is 12.1. The number of rotatable bonds is 5. The number of amides is 2. The zero-order chi connectivity index (χ0) is 17.6. The maximum Gasteiger partial charge on any atom is 0.261 e. The van der Waals surface area contributed by atoms with E-state index in [1.807, 2.05) is 17.0 Å². The first-order valence-corrected chi connectivity index (χ1v) is 8.08. The highest BCUT2D eigenvalue weighted by Gasteiger charge is 2.28. The van der Waals surface area contributed by atoms with Crippen molar-refractivity contribution in [1.29, 1.82) is 0 Å². The lowest BCUT2D eigenvalue weighted by Gasteiger charge is -2.36. The Hall–Kier alpha value is -2.93. The minimum atomic E-state index is -0.497. The lowest BCUT2D eigenvalue weighted by molar-refractivity contribution is -0.136. The van der Waals surface area contributed by atoms with Crippen molar-refractivity contribution in [2.45, 2.75) is 6.04 Å². The number of benzene rings is 1. The average Bonchev–Trinajstić information content (AvgIpc) is 2.67. The first-order valence-electron chi connectivity index (χ1n) is 8.08. The van der Waals surface area contributed by atoms with Crippen molar-refractivity contribution in [2.75, 3.05) is 26.2 Å². The van der Waals surface area contributed by atoms with E-state index in [4.69, 9.17) is 10.5 Å². The van der Waals surface area contributed by atoms with Crippen LogP contribution in [0.15, 0.2) is 48.8 Å². The van der Waals surface area contributed by atoms with Gasteiger partial charge in [0.2, 0.25) is 5.91 Å². The van der Waals surface area contributed by atoms with Crippen LogP contribution >= 0.6 is 0 Å². The molecule has 7 heteroatoms. The fourth-order valence-electron chi connectivity index (χ4n) is 2.82. The Labute approximate surface area is 145 Å². The molecule has 2 amide bonds. The van der Waals surface area contributed by atoms with Crippen LogP contribution in [0.5, 0.6) is 5.75 Å². The number of nitrogens with one attached hydrogen (secondary N) is 1. The quantitative estimate of drug-likeness (QED) is 0.836. The third-order valence-corrected chi connectivity index (χ3v) is 4.13. The van der Waals surface area contributed by atoms with E-state index in [1.54, 1.807) is 36.7 Å². The summed E-state index contributed by atoms with van der Waals surface area (Å²) < 4.78 is 5.56. The first kappa shape index (κ1) is 16.9. The molecule has 1 unspecified atom stereocenters. The van der Waals surface area contributed by atoms with E-state index in [2.05, 4.69) is 10.3 Å². The molecule has 1 aromatic carbocycles. The standard InChI is InChI=1S/C18H20N4O3/c19-18(24)13-3-5-15(6-4-13)25-12-17(23)22-9-8-21-11-16(22)14-2-1-7-20-10-14/h1-7,10,16,21H,8-9,11-12H2,(H2,19,24). The normalized spacial score (nSPS) is 17.1. The molecule has 7 nitrogen and oxygen atoms in total. The van der Waals surface area contributed by atoms with E-state index >= 15 is 0 Å². The van der Waals surface area contributed by atoms with E-state index in [0.717, 1.165) is 12.1 Å². The predicted octanol–water partition coefficient (Wildman–Crippen LogP) is 0.732. The van der Waals surface area contributed by atoms with Crippen molar-refractivity contribution in [3.05, 3.63) is 59.9 Å². The van der Waals surface area contributed by atoms with E-state index in [9.17, 15) is 9.59 Å². The number of carbonyl (C=O) groups is 2. The van der Waals surface area contributed by atoms with Crippen LogP contribution in [0, 0.1) is 0 Å². The molecular formula is C18H20N4O3. The Morgan fingerprint density at radius 2 is 2.08 bits per heavy atom. The number of nitrogens with zero attached hydrogens (tertiary/aromatic N) is 2. The van der Waals surface area contributed by atoms with Gasteiger partial charge < -0.3 is 20.7 Å². The summed E-state index contributed by atoms with van der Waals surface area (Å²) in [4.78, 5) is 29.6. The fraction of sp³-hybridized carbons (Fsp3) is 0.278. The molecule has 2 heterocycles. The van der Waals surface area contributed by atoms with Crippen LogP contribution in [0.4, 0.5) is 0 Å². The van der Waals surface area contributed by atoms with Gasteiger partial charge in [0.05, 0.1) is 6.04 Å². The molecule has 1 aliphatic heterocycles. The Kier molecular flexibility index (Phi) is 5.25. The second-order valence-corrected chi connectivity index (χ2v) is 5.77. The monoisotopic (exact) mass is 340 g/mol. The van der Waals surface area contributed by atoms with Crippen molar-refractivity contribution in [1.82, 2.24) is 15.2 Å². The molecule has 1 aliphatic rings. The Morgan fingerprint density at radius 1 is 1.28 bits per heavy atom. The van der Waals surface area contributed by atoms with Crippen LogP contribution in [0.25, 0.3) is 0 Å². The van der Waals surface area contributed by atoms with Gasteiger partial charge >= 0.3 is 0 Å². The summed E-state index contributed by atoms with van der Waals surface area (Å²) in [6.45, 7) is 1.98. The van der Waals surface area contributed by atoms with Crippen molar-refractivity contribution in [2.24, 2.45) is 5.73 Å². The Morgan fingerprint density at radius 3 is 2.76 bits per heavy atom. The van der Waals surface area contributed by atoms with Gasteiger partial charge in [-0.1, -0.05) is 6.07 Å². The number of hydrogen-bond donors (Lipinski definition) is 2. The molecule has 3 N–H and O–H groups in total. The minimum absolute atomic E-state index is 0.0595. The molecule has 1 aromatic heterocycles. The van der Waals surface area contributed by atoms with Gasteiger partial charge in [0, 0.05) is 37.6 Å². The summed E-state index contributed by atoms with van der Waals surface area (Å²) in [5.41, 5.74) is 6.60. The summed E-state index contributed by atoms with van der Waals surface area (Å²) in [6, 6.07) is 10.2. The van der Waals surface area contributed by atoms with Crippen molar-refractivity contribution in [3.8, 4) is 5.75 Å². The Bertz CT molecular complexity index is 734. The highest BCUT2D eigenvalue weighted by molar-refractivity contribution is 5.92. The van der Waals surface area contributed by atoms with Gasteiger partial charge in [-0.3, -0.25) is 14.6 Å². The maximum atomic E-state index is 12.6. The van der Waals surface area contributed by atoms with Gasteiger partial charge in [-0.2, -0.15) is 0 Å². The molecule has 1 fully saturated rings. The van der Waals surface area contributed by atoms with Gasteiger partial charge in [0.1, 0.15) is 5.75 Å². The molecule has 0 saturated carbocycles. The van der Waals surface area contributed by atoms with Crippen LogP contribution in [0.2, 0.25) is 0 Å². The highest BCUT2D eigenvalue weighted by Crippen LogP contribution is 2.22. The smallest absolute Gasteiger partial charge is 0.261 e. The number of pyridine rings is 1. The summed E-state index contributed by atoms with van der Waals surface area (Å²) in [5, 5.41) is 3.30. The third-order valence-electron chi connectivity index (χ3n) is 4.13. The maximum absolute atomic E-state index is 12.6. The molecular weight excluding hydrogens is 320 g/mol. The van der Waals surface area contributed by atoms with Crippen LogP contribution in [-0.4, -0.2) is 47.9 Å². The van der Waals surface area contributed by atoms with Gasteiger partial charge in [0.25, 0.3) is 5.91 Å². The van der Waals surface area contributed by atoms with E-state index < -0.39 is 5.91 Å². The number of piperazine rings is 1. The lowest BCUT2D eigenvalue weighted by atomic mass is 10.1. The van der Waals surface area contributed by atoms with E-state index in [1.165, 1.54) is 0 Å². The molecule has 0 spiro atoms. The SMILES string of the molecule is NC(=O)c1ccc(OCC(=O)N2CCNCC2c2cccnc2)cc1. The molecule has 1 atom stereocenters. The lowest BCUT2D eigenvalue weighted by Crippen LogP contribution is -2.50. The summed E-state index contributed by atoms with van der Waals surface area (Å²) in [5.74, 6) is -0.0662. The van der Waals surface area contributed by atoms with Crippen LogP contribution < -0.4 is 15.8 Å². The molecule has 0 radical (unpaired) electrons. The zero-order valence-electron chi connectivity index (χ0n) is 13.7. The Balaban J connectivity index is 1.63. The molecule has 3 rings (SSSR count). The largest absolute Gasteiger partial charge is 0.484 e. The molecule has 0 bridgehead atoms. The number of hydrogen-bond acceptors (Lipinski definition) is 5. The number of aromatic nitrogens is 1. The fourth-order valence-corrected chi connectivity index (χ4v) is 2.82. The number of carbonyl (C=O) groups excluding carboxylic acids is 2. The second kappa shape index (κ2) is 7.76. The topological polar surface area (TPSA) is 97.6 Å². The number of nitrogens with two attached hydrogens (primary N) is 1. The summed E-state index contributed by atoms with van der Waals surface area (Å²) in [6.07, 6.45) is 3.49. The van der Waals surface area contributed by atoms with Gasteiger partial charge in [-0.05, 0) is 35.9 Å². The van der Waals surface area contributed by atoms with E-state index in [0.29, 0.717) is 24.4 Å². The molecule has 25 heavy (non-hydrogen) atoms. The van der Waals surface area contributed by atoms with Gasteiger partial charge in [-0.25, -0.2) is 0 Å².